The van der Waals surface area contributed by atoms with Crippen molar-refractivity contribution < 1.29 is 23.8 Å². The summed E-state index contributed by atoms with van der Waals surface area (Å²) in [7, 11) is 1.58. The van der Waals surface area contributed by atoms with Crippen LogP contribution in [0.5, 0.6) is 0 Å². The lowest BCUT2D eigenvalue weighted by Gasteiger charge is -2.26. The summed E-state index contributed by atoms with van der Waals surface area (Å²) < 4.78 is 11.7. The Bertz CT molecular complexity index is 1180. The van der Waals surface area contributed by atoms with Crippen LogP contribution in [0.25, 0.3) is 11.0 Å². The van der Waals surface area contributed by atoms with Crippen LogP contribution in [0, 0.1) is 0 Å². The highest BCUT2D eigenvalue weighted by atomic mass is 79.9. The maximum Gasteiger partial charge on any atom is 0.290 e. The third-order valence-electron chi connectivity index (χ3n) is 5.18. The average Bonchev–Trinajstić information content (AvgIpc) is 3.28. The number of nitrogens with zero attached hydrogens (tertiary/aromatic N) is 1. The number of fused-ring (bicyclic) bond motifs is 1. The standard InChI is InChI=1S/C23H19BrClNO5/c1-30-10-2-9-26-20(13-3-6-16(25)7-4-13)19(22(28)23(26)29)21(27)18-12-14-11-15(24)5-8-17(14)31-18/h3-8,11-12,20,28H,2,9-10H2,1H3. The van der Waals surface area contributed by atoms with Gasteiger partial charge in [-0.1, -0.05) is 39.7 Å². The lowest BCUT2D eigenvalue weighted by atomic mass is 9.95. The largest absolute Gasteiger partial charge is 0.503 e. The molecule has 1 N–H and O–H groups in total. The van der Waals surface area contributed by atoms with Crippen molar-refractivity contribution in [2.24, 2.45) is 0 Å². The van der Waals surface area contributed by atoms with E-state index in [1.807, 2.05) is 12.1 Å². The summed E-state index contributed by atoms with van der Waals surface area (Å²) in [4.78, 5) is 27.8. The molecule has 8 heteroatoms. The monoisotopic (exact) mass is 503 g/mol. The molecule has 2 heterocycles. The van der Waals surface area contributed by atoms with Gasteiger partial charge in [0.15, 0.2) is 11.5 Å². The number of ether oxygens (including phenoxy) is 1. The number of methoxy groups -OCH3 is 1. The zero-order chi connectivity index (χ0) is 22.1. The minimum atomic E-state index is -0.755. The van der Waals surface area contributed by atoms with Crippen molar-refractivity contribution in [3.63, 3.8) is 0 Å². The molecule has 0 saturated heterocycles. The van der Waals surface area contributed by atoms with Gasteiger partial charge in [0, 0.05) is 35.1 Å². The Balaban J connectivity index is 1.76. The molecule has 0 saturated carbocycles. The Morgan fingerprint density at radius 1 is 1.23 bits per heavy atom. The van der Waals surface area contributed by atoms with Gasteiger partial charge in [0.1, 0.15) is 5.58 Å². The Kier molecular flexibility index (Phi) is 6.18. The number of carbonyl (C=O) groups excluding carboxylic acids is 2. The topological polar surface area (TPSA) is 80.0 Å². The molecule has 6 nitrogen and oxygen atoms in total. The molecular weight excluding hydrogens is 486 g/mol. The first-order valence-corrected chi connectivity index (χ1v) is 10.8. The molecule has 31 heavy (non-hydrogen) atoms. The lowest BCUT2D eigenvalue weighted by Crippen LogP contribution is -2.32. The van der Waals surface area contributed by atoms with Gasteiger partial charge in [0.2, 0.25) is 5.78 Å². The number of aliphatic hydroxyl groups is 1. The summed E-state index contributed by atoms with van der Waals surface area (Å²) in [5.41, 5.74) is 1.19. The highest BCUT2D eigenvalue weighted by molar-refractivity contribution is 9.10. The highest BCUT2D eigenvalue weighted by Gasteiger charge is 2.44. The van der Waals surface area contributed by atoms with Crippen LogP contribution in [0.2, 0.25) is 5.02 Å². The summed E-state index contributed by atoms with van der Waals surface area (Å²) in [6, 6.07) is 13.1. The van der Waals surface area contributed by atoms with Crippen molar-refractivity contribution in [2.45, 2.75) is 12.5 Å². The summed E-state index contributed by atoms with van der Waals surface area (Å²) >= 11 is 9.42. The van der Waals surface area contributed by atoms with Crippen molar-refractivity contribution in [3.8, 4) is 0 Å². The molecule has 0 aliphatic carbocycles. The molecule has 160 valence electrons. The molecule has 2 aromatic carbocycles. The van der Waals surface area contributed by atoms with E-state index in [1.165, 1.54) is 4.90 Å². The number of amides is 1. The molecular formula is C23H19BrClNO5. The van der Waals surface area contributed by atoms with Gasteiger partial charge in [-0.15, -0.1) is 0 Å². The van der Waals surface area contributed by atoms with Gasteiger partial charge in [-0.2, -0.15) is 0 Å². The van der Waals surface area contributed by atoms with E-state index in [2.05, 4.69) is 15.9 Å². The highest BCUT2D eigenvalue weighted by Crippen LogP contribution is 2.40. The van der Waals surface area contributed by atoms with E-state index in [0.717, 1.165) is 9.86 Å². The summed E-state index contributed by atoms with van der Waals surface area (Å²) in [5.74, 6) is -1.64. The third-order valence-corrected chi connectivity index (χ3v) is 5.93. The zero-order valence-corrected chi connectivity index (χ0v) is 18.9. The fourth-order valence-electron chi connectivity index (χ4n) is 3.75. The Morgan fingerprint density at radius 2 is 1.97 bits per heavy atom. The molecule has 1 aliphatic heterocycles. The van der Waals surface area contributed by atoms with Crippen LogP contribution in [0.4, 0.5) is 0 Å². The van der Waals surface area contributed by atoms with Crippen LogP contribution >= 0.6 is 27.5 Å². The third kappa shape index (κ3) is 4.13. The van der Waals surface area contributed by atoms with Gasteiger partial charge in [-0.25, -0.2) is 0 Å². The second-order valence-corrected chi connectivity index (χ2v) is 8.54. The molecule has 1 aromatic heterocycles. The number of benzene rings is 2. The predicted octanol–water partition coefficient (Wildman–Crippen LogP) is 5.46. The first kappa shape index (κ1) is 21.6. The molecule has 4 rings (SSSR count). The molecule has 1 atom stereocenters. The summed E-state index contributed by atoms with van der Waals surface area (Å²) in [6.45, 7) is 0.757. The minimum absolute atomic E-state index is 0.0112. The fraction of sp³-hybridized carbons (Fsp3) is 0.217. The molecule has 1 amide bonds. The lowest BCUT2D eigenvalue weighted by molar-refractivity contribution is -0.129. The molecule has 0 spiro atoms. The Labute approximate surface area is 192 Å². The maximum absolute atomic E-state index is 13.4. The normalized spacial score (nSPS) is 16.5. The van der Waals surface area contributed by atoms with Gasteiger partial charge in [0.25, 0.3) is 5.91 Å². The number of rotatable bonds is 7. The van der Waals surface area contributed by atoms with Crippen LogP contribution in [0.1, 0.15) is 28.6 Å². The number of furan rings is 1. The van der Waals surface area contributed by atoms with Gasteiger partial charge in [-0.05, 0) is 48.4 Å². The number of halogens is 2. The van der Waals surface area contributed by atoms with Crippen LogP contribution in [-0.4, -0.2) is 42.0 Å². The van der Waals surface area contributed by atoms with E-state index in [9.17, 15) is 14.7 Å². The van der Waals surface area contributed by atoms with E-state index in [4.69, 9.17) is 20.8 Å². The summed E-state index contributed by atoms with van der Waals surface area (Å²) in [5, 5.41) is 12.0. The number of ketones is 1. The number of carbonyl (C=O) groups is 2. The summed E-state index contributed by atoms with van der Waals surface area (Å²) in [6.07, 6.45) is 0.555. The van der Waals surface area contributed by atoms with Crippen molar-refractivity contribution in [2.75, 3.05) is 20.3 Å². The molecule has 1 aliphatic rings. The fourth-order valence-corrected chi connectivity index (χ4v) is 4.25. The SMILES string of the molecule is COCCCN1C(=O)C(O)=C(C(=O)c2cc3cc(Br)ccc3o2)C1c1ccc(Cl)cc1. The maximum atomic E-state index is 13.4. The van der Waals surface area contributed by atoms with Gasteiger partial charge < -0.3 is 19.2 Å². The first-order valence-electron chi connectivity index (χ1n) is 9.63. The van der Waals surface area contributed by atoms with E-state index in [-0.39, 0.29) is 11.3 Å². The molecule has 0 fully saturated rings. The van der Waals surface area contributed by atoms with Crippen LogP contribution in [0.15, 0.2) is 68.8 Å². The van der Waals surface area contributed by atoms with Gasteiger partial charge in [-0.3, -0.25) is 9.59 Å². The zero-order valence-electron chi connectivity index (χ0n) is 16.6. The van der Waals surface area contributed by atoms with E-state index >= 15 is 0 Å². The number of aliphatic hydroxyl groups excluding tert-OH is 1. The smallest absolute Gasteiger partial charge is 0.290 e. The Hall–Kier alpha value is -2.61. The molecule has 0 radical (unpaired) electrons. The van der Waals surface area contributed by atoms with E-state index in [0.29, 0.717) is 35.7 Å². The van der Waals surface area contributed by atoms with Crippen molar-refractivity contribution >= 4 is 50.2 Å². The number of hydrogen-bond donors (Lipinski definition) is 1. The van der Waals surface area contributed by atoms with Crippen LogP contribution in [-0.2, 0) is 9.53 Å². The van der Waals surface area contributed by atoms with Crippen LogP contribution in [0.3, 0.4) is 0 Å². The predicted molar refractivity (Wildman–Crippen MR) is 120 cm³/mol. The van der Waals surface area contributed by atoms with Crippen molar-refractivity contribution in [1.82, 2.24) is 4.90 Å². The quantitative estimate of drug-likeness (QED) is 0.341. The van der Waals surface area contributed by atoms with Crippen molar-refractivity contribution in [1.29, 1.82) is 0 Å². The van der Waals surface area contributed by atoms with Gasteiger partial charge >= 0.3 is 0 Å². The second-order valence-electron chi connectivity index (χ2n) is 7.18. The number of Topliss-reactive ketones (excluding diaryl/α,β-unsaturated/α-hetero) is 1. The average molecular weight is 505 g/mol. The first-order chi connectivity index (χ1) is 14.9. The van der Waals surface area contributed by atoms with Crippen LogP contribution < -0.4 is 0 Å². The van der Waals surface area contributed by atoms with E-state index in [1.54, 1.807) is 43.5 Å². The van der Waals surface area contributed by atoms with Crippen molar-refractivity contribution in [3.05, 3.63) is 80.7 Å². The second kappa shape index (κ2) is 8.86. The molecule has 0 bridgehead atoms. The Morgan fingerprint density at radius 3 is 2.68 bits per heavy atom. The molecule has 3 aromatic rings. The van der Waals surface area contributed by atoms with E-state index < -0.39 is 23.5 Å². The molecule has 1 unspecified atom stereocenters. The number of hydrogen-bond acceptors (Lipinski definition) is 5. The minimum Gasteiger partial charge on any atom is -0.503 e. The van der Waals surface area contributed by atoms with Gasteiger partial charge in [0.05, 0.1) is 11.6 Å².